The van der Waals surface area contributed by atoms with Crippen molar-refractivity contribution in [3.63, 3.8) is 0 Å². The highest BCUT2D eigenvalue weighted by molar-refractivity contribution is 5.71. The van der Waals surface area contributed by atoms with Crippen LogP contribution in [-0.4, -0.2) is 44.0 Å². The van der Waals surface area contributed by atoms with Crippen LogP contribution in [0.4, 0.5) is 13.2 Å². The molecule has 2 N–H and O–H groups in total. The zero-order valence-corrected chi connectivity index (χ0v) is 13.5. The number of alkyl halides is 3. The van der Waals surface area contributed by atoms with Crippen molar-refractivity contribution in [2.24, 2.45) is 0 Å². The number of fused-ring (bicyclic) bond motifs is 1. The summed E-state index contributed by atoms with van der Waals surface area (Å²) in [5, 5.41) is 11.1. The van der Waals surface area contributed by atoms with Crippen LogP contribution in [0.5, 0.6) is 0 Å². The smallest absolute Gasteiger partial charge is 0.339 e. The molecule has 0 amide bonds. The van der Waals surface area contributed by atoms with Gasteiger partial charge in [-0.05, 0) is 25.9 Å². The Morgan fingerprint density at radius 2 is 2.08 bits per heavy atom. The summed E-state index contributed by atoms with van der Waals surface area (Å²) in [4.78, 5) is 18.5. The van der Waals surface area contributed by atoms with Gasteiger partial charge in [-0.2, -0.15) is 23.3 Å². The zero-order chi connectivity index (χ0) is 18.3. The van der Waals surface area contributed by atoms with Gasteiger partial charge >= 0.3 is 6.18 Å². The van der Waals surface area contributed by atoms with Gasteiger partial charge in [0.25, 0.3) is 5.56 Å². The lowest BCUT2D eigenvalue weighted by atomic mass is 9.94. The molecule has 0 atom stereocenters. The number of hydrogen-bond donors (Lipinski definition) is 2. The second-order valence-electron chi connectivity index (χ2n) is 6.21. The van der Waals surface area contributed by atoms with Gasteiger partial charge in [0.2, 0.25) is 11.7 Å². The molecule has 1 aliphatic rings. The minimum Gasteiger partial charge on any atom is -0.339 e. The number of nitrogens with one attached hydrogen (secondary N) is 2. The number of halogens is 3. The topological polar surface area (TPSA) is 101 Å². The molecule has 0 aliphatic carbocycles. The third-order valence-corrected chi connectivity index (χ3v) is 4.35. The summed E-state index contributed by atoms with van der Waals surface area (Å²) >= 11 is 0. The normalized spacial score (nSPS) is 16.4. The van der Waals surface area contributed by atoms with Gasteiger partial charge in [-0.1, -0.05) is 5.16 Å². The van der Waals surface area contributed by atoms with E-state index in [1.807, 2.05) is 0 Å². The summed E-state index contributed by atoms with van der Waals surface area (Å²) in [5.41, 5.74) is 1.10. The predicted molar refractivity (Wildman–Crippen MR) is 83.7 cm³/mol. The summed E-state index contributed by atoms with van der Waals surface area (Å²) in [6.45, 7) is 1.69. The Balaban J connectivity index is 1.75. The number of aromatic nitrogens is 5. The lowest BCUT2D eigenvalue weighted by Crippen LogP contribution is -2.28. The highest BCUT2D eigenvalue weighted by Gasteiger charge is 2.31. The number of aromatic amines is 1. The molecule has 0 aromatic carbocycles. The SMILES string of the molecule is O=c1cc(C2CCNCC2)n2ncc(-c3noc(CC(F)(F)F)n3)c2[nH]1. The standard InChI is InChI=1S/C15H15F3N6O2/c16-15(17,18)6-12-22-13(23-26-12)9-7-20-24-10(5-11(25)21-14(9)24)8-1-3-19-4-2-8/h5,7-8,19H,1-4,6H2,(H,21,25). The summed E-state index contributed by atoms with van der Waals surface area (Å²) in [7, 11) is 0. The summed E-state index contributed by atoms with van der Waals surface area (Å²) in [6.07, 6.45) is -2.60. The van der Waals surface area contributed by atoms with Crippen LogP contribution >= 0.6 is 0 Å². The Hall–Kier alpha value is -2.69. The van der Waals surface area contributed by atoms with Gasteiger partial charge in [0, 0.05) is 12.0 Å². The maximum Gasteiger partial charge on any atom is 0.397 e. The first-order valence-electron chi connectivity index (χ1n) is 8.12. The van der Waals surface area contributed by atoms with Crippen molar-refractivity contribution in [1.29, 1.82) is 0 Å². The van der Waals surface area contributed by atoms with Crippen LogP contribution in [0.2, 0.25) is 0 Å². The minimum atomic E-state index is -4.44. The Bertz CT molecular complexity index is 983. The summed E-state index contributed by atoms with van der Waals surface area (Å²) in [6, 6.07) is 1.51. The van der Waals surface area contributed by atoms with Crippen molar-refractivity contribution in [3.05, 3.63) is 34.2 Å². The van der Waals surface area contributed by atoms with E-state index >= 15 is 0 Å². The highest BCUT2D eigenvalue weighted by Crippen LogP contribution is 2.28. The van der Waals surface area contributed by atoms with Gasteiger partial charge in [0.15, 0.2) is 0 Å². The zero-order valence-electron chi connectivity index (χ0n) is 13.5. The van der Waals surface area contributed by atoms with Crippen LogP contribution in [-0.2, 0) is 6.42 Å². The molecule has 1 saturated heterocycles. The van der Waals surface area contributed by atoms with Gasteiger partial charge in [0.1, 0.15) is 12.1 Å². The number of H-pyrrole nitrogens is 1. The summed E-state index contributed by atoms with van der Waals surface area (Å²) in [5.74, 6) is -0.416. The van der Waals surface area contributed by atoms with E-state index in [2.05, 4.69) is 30.1 Å². The largest absolute Gasteiger partial charge is 0.397 e. The number of hydrogen-bond acceptors (Lipinski definition) is 6. The van der Waals surface area contributed by atoms with Crippen LogP contribution in [0, 0.1) is 0 Å². The first-order chi connectivity index (χ1) is 12.4. The molecular formula is C15H15F3N6O2. The van der Waals surface area contributed by atoms with Crippen molar-refractivity contribution in [3.8, 4) is 11.4 Å². The van der Waals surface area contributed by atoms with Crippen molar-refractivity contribution in [2.45, 2.75) is 31.4 Å². The fourth-order valence-electron chi connectivity index (χ4n) is 3.19. The molecule has 0 unspecified atom stereocenters. The quantitative estimate of drug-likeness (QED) is 0.729. The lowest BCUT2D eigenvalue weighted by molar-refractivity contribution is -0.131. The van der Waals surface area contributed by atoms with Crippen molar-refractivity contribution >= 4 is 5.65 Å². The molecule has 4 heterocycles. The molecule has 0 radical (unpaired) electrons. The monoisotopic (exact) mass is 368 g/mol. The van der Waals surface area contributed by atoms with E-state index in [4.69, 9.17) is 0 Å². The summed E-state index contributed by atoms with van der Waals surface area (Å²) < 4.78 is 43.6. The van der Waals surface area contributed by atoms with E-state index in [-0.39, 0.29) is 17.3 Å². The van der Waals surface area contributed by atoms with Gasteiger partial charge in [0.05, 0.1) is 17.5 Å². The average molecular weight is 368 g/mol. The van der Waals surface area contributed by atoms with Gasteiger partial charge in [-0.25, -0.2) is 4.52 Å². The van der Waals surface area contributed by atoms with E-state index in [1.54, 1.807) is 4.52 Å². The fourth-order valence-corrected chi connectivity index (χ4v) is 3.19. The molecule has 1 aliphatic heterocycles. The molecule has 3 aromatic rings. The molecule has 26 heavy (non-hydrogen) atoms. The first-order valence-corrected chi connectivity index (χ1v) is 8.12. The van der Waals surface area contributed by atoms with E-state index in [0.717, 1.165) is 31.6 Å². The average Bonchev–Trinajstić information content (AvgIpc) is 3.20. The maximum absolute atomic E-state index is 12.5. The molecule has 8 nitrogen and oxygen atoms in total. The third kappa shape index (κ3) is 3.21. The molecular weight excluding hydrogens is 353 g/mol. The molecule has 11 heteroatoms. The van der Waals surface area contributed by atoms with E-state index < -0.39 is 18.5 Å². The Morgan fingerprint density at radius 3 is 2.81 bits per heavy atom. The molecule has 1 fully saturated rings. The van der Waals surface area contributed by atoms with Crippen LogP contribution in [0.1, 0.15) is 30.3 Å². The predicted octanol–water partition coefficient (Wildman–Crippen LogP) is 1.64. The third-order valence-electron chi connectivity index (χ3n) is 4.35. The van der Waals surface area contributed by atoms with Gasteiger partial charge < -0.3 is 14.8 Å². The number of nitrogens with zero attached hydrogens (tertiary/aromatic N) is 4. The Labute approximate surface area is 144 Å². The molecule has 0 bridgehead atoms. The van der Waals surface area contributed by atoms with Crippen LogP contribution in [0.25, 0.3) is 17.0 Å². The molecule has 0 spiro atoms. The van der Waals surface area contributed by atoms with Crippen molar-refractivity contribution in [2.75, 3.05) is 13.1 Å². The van der Waals surface area contributed by atoms with E-state index in [0.29, 0.717) is 11.2 Å². The number of piperidine rings is 1. The molecule has 0 saturated carbocycles. The van der Waals surface area contributed by atoms with Crippen LogP contribution < -0.4 is 10.9 Å². The second kappa shape index (κ2) is 6.24. The van der Waals surface area contributed by atoms with Crippen molar-refractivity contribution < 1.29 is 17.7 Å². The Kier molecular flexibility index (Phi) is 4.02. The van der Waals surface area contributed by atoms with Gasteiger partial charge in [-0.15, -0.1) is 0 Å². The maximum atomic E-state index is 12.5. The number of rotatable bonds is 3. The van der Waals surface area contributed by atoms with E-state index in [1.165, 1.54) is 12.3 Å². The second-order valence-corrected chi connectivity index (χ2v) is 6.21. The molecule has 3 aromatic heterocycles. The van der Waals surface area contributed by atoms with Crippen LogP contribution in [0.15, 0.2) is 21.6 Å². The van der Waals surface area contributed by atoms with E-state index in [9.17, 15) is 18.0 Å². The lowest BCUT2D eigenvalue weighted by Gasteiger charge is -2.23. The minimum absolute atomic E-state index is 0.0441. The molecule has 138 valence electrons. The highest BCUT2D eigenvalue weighted by atomic mass is 19.4. The molecule has 4 rings (SSSR count). The Morgan fingerprint density at radius 1 is 1.31 bits per heavy atom. The van der Waals surface area contributed by atoms with Crippen molar-refractivity contribution in [1.82, 2.24) is 30.1 Å². The van der Waals surface area contributed by atoms with Gasteiger partial charge in [-0.3, -0.25) is 4.79 Å². The fraction of sp³-hybridized carbons (Fsp3) is 0.467. The first kappa shape index (κ1) is 16.8. The van der Waals surface area contributed by atoms with Crippen LogP contribution in [0.3, 0.4) is 0 Å².